The Morgan fingerprint density at radius 1 is 0.933 bits per heavy atom. The number of oxazole rings is 1. The standard InChI is InChI=1S/C25H17ClN2O2/c1-15-10-12-19(18-7-3-2-6-17(15)18)24(29)27-16-11-13-21(26)20(14-16)25-28-22-8-4-5-9-23(22)30-25/h2-14H,1H3,(H,27,29). The number of aromatic nitrogens is 1. The van der Waals surface area contributed by atoms with Crippen LogP contribution in [0.1, 0.15) is 15.9 Å². The van der Waals surface area contributed by atoms with Gasteiger partial charge >= 0.3 is 0 Å². The molecule has 146 valence electrons. The molecule has 0 radical (unpaired) electrons. The molecule has 1 N–H and O–H groups in total. The van der Waals surface area contributed by atoms with Gasteiger partial charge < -0.3 is 9.73 Å². The topological polar surface area (TPSA) is 55.1 Å². The van der Waals surface area contributed by atoms with E-state index in [9.17, 15) is 4.79 Å². The maximum Gasteiger partial charge on any atom is 0.256 e. The summed E-state index contributed by atoms with van der Waals surface area (Å²) in [7, 11) is 0. The Kier molecular flexibility index (Phi) is 4.49. The molecule has 0 aliphatic carbocycles. The summed E-state index contributed by atoms with van der Waals surface area (Å²) in [4.78, 5) is 17.5. The number of para-hydroxylation sites is 2. The molecule has 1 aromatic heterocycles. The fourth-order valence-corrected chi connectivity index (χ4v) is 3.80. The van der Waals surface area contributed by atoms with Crippen molar-refractivity contribution in [3.63, 3.8) is 0 Å². The van der Waals surface area contributed by atoms with Crippen LogP contribution < -0.4 is 5.32 Å². The van der Waals surface area contributed by atoms with Gasteiger partial charge in [-0.15, -0.1) is 0 Å². The molecule has 0 saturated heterocycles. The lowest BCUT2D eigenvalue weighted by atomic mass is 10.00. The van der Waals surface area contributed by atoms with Crippen molar-refractivity contribution in [1.82, 2.24) is 4.98 Å². The van der Waals surface area contributed by atoms with Crippen LogP contribution in [0.2, 0.25) is 5.02 Å². The normalized spacial score (nSPS) is 11.1. The number of rotatable bonds is 3. The Labute approximate surface area is 178 Å². The second-order valence-electron chi connectivity index (χ2n) is 7.11. The number of benzene rings is 4. The molecule has 30 heavy (non-hydrogen) atoms. The SMILES string of the molecule is Cc1ccc(C(=O)Nc2ccc(Cl)c(-c3nc4ccccc4o3)c2)c2ccccc12. The monoisotopic (exact) mass is 412 g/mol. The first-order valence-electron chi connectivity index (χ1n) is 9.55. The third-order valence-electron chi connectivity index (χ3n) is 5.14. The summed E-state index contributed by atoms with van der Waals surface area (Å²) in [5, 5.41) is 5.46. The summed E-state index contributed by atoms with van der Waals surface area (Å²) in [5.41, 5.74) is 4.43. The van der Waals surface area contributed by atoms with E-state index in [2.05, 4.69) is 10.3 Å². The maximum atomic E-state index is 13.0. The number of hydrogen-bond acceptors (Lipinski definition) is 3. The van der Waals surface area contributed by atoms with Crippen molar-refractivity contribution >= 4 is 45.1 Å². The minimum absolute atomic E-state index is 0.183. The largest absolute Gasteiger partial charge is 0.436 e. The number of aryl methyl sites for hydroxylation is 1. The lowest BCUT2D eigenvalue weighted by Crippen LogP contribution is -2.12. The third kappa shape index (κ3) is 3.21. The minimum Gasteiger partial charge on any atom is -0.436 e. The summed E-state index contributed by atoms with van der Waals surface area (Å²) in [6.45, 7) is 2.04. The molecule has 1 heterocycles. The van der Waals surface area contributed by atoms with Gasteiger partial charge in [0.15, 0.2) is 5.58 Å². The molecule has 0 saturated carbocycles. The van der Waals surface area contributed by atoms with E-state index in [1.165, 1.54) is 0 Å². The van der Waals surface area contributed by atoms with Gasteiger partial charge in [0.2, 0.25) is 5.89 Å². The van der Waals surface area contributed by atoms with Gasteiger partial charge in [-0.05, 0) is 59.7 Å². The molecular formula is C25H17ClN2O2. The van der Waals surface area contributed by atoms with Gasteiger partial charge in [0.05, 0.1) is 10.6 Å². The molecule has 0 aliphatic heterocycles. The Morgan fingerprint density at radius 3 is 2.53 bits per heavy atom. The molecule has 0 fully saturated rings. The van der Waals surface area contributed by atoms with E-state index in [4.69, 9.17) is 16.0 Å². The zero-order chi connectivity index (χ0) is 20.7. The fraction of sp³-hybridized carbons (Fsp3) is 0.0400. The van der Waals surface area contributed by atoms with Gasteiger partial charge in [0, 0.05) is 11.3 Å². The van der Waals surface area contributed by atoms with Crippen LogP contribution in [0.3, 0.4) is 0 Å². The Balaban J connectivity index is 1.51. The number of amides is 1. The van der Waals surface area contributed by atoms with Gasteiger partial charge in [-0.2, -0.15) is 0 Å². The lowest BCUT2D eigenvalue weighted by molar-refractivity contribution is 0.102. The number of carbonyl (C=O) groups excluding carboxylic acids is 1. The summed E-state index contributed by atoms with van der Waals surface area (Å²) in [5.74, 6) is 0.232. The molecule has 1 amide bonds. The maximum absolute atomic E-state index is 13.0. The number of carbonyl (C=O) groups is 1. The summed E-state index contributed by atoms with van der Waals surface area (Å²) < 4.78 is 5.84. The molecule has 5 aromatic rings. The highest BCUT2D eigenvalue weighted by Gasteiger charge is 2.15. The van der Waals surface area contributed by atoms with E-state index in [0.29, 0.717) is 33.3 Å². The lowest BCUT2D eigenvalue weighted by Gasteiger charge is -2.11. The highest BCUT2D eigenvalue weighted by molar-refractivity contribution is 6.33. The molecule has 4 nitrogen and oxygen atoms in total. The molecule has 0 aliphatic rings. The molecular weight excluding hydrogens is 396 g/mol. The van der Waals surface area contributed by atoms with E-state index >= 15 is 0 Å². The number of fused-ring (bicyclic) bond motifs is 2. The summed E-state index contributed by atoms with van der Waals surface area (Å²) in [6.07, 6.45) is 0. The molecule has 0 bridgehead atoms. The first-order valence-corrected chi connectivity index (χ1v) is 9.93. The van der Waals surface area contributed by atoms with Crippen molar-refractivity contribution in [2.75, 3.05) is 5.32 Å². The average Bonchev–Trinajstić information content (AvgIpc) is 3.19. The molecule has 0 atom stereocenters. The highest BCUT2D eigenvalue weighted by atomic mass is 35.5. The van der Waals surface area contributed by atoms with E-state index < -0.39 is 0 Å². The van der Waals surface area contributed by atoms with Crippen LogP contribution in [-0.2, 0) is 0 Å². The van der Waals surface area contributed by atoms with Crippen LogP contribution in [-0.4, -0.2) is 10.9 Å². The van der Waals surface area contributed by atoms with E-state index in [-0.39, 0.29) is 5.91 Å². The van der Waals surface area contributed by atoms with Crippen molar-refractivity contribution in [1.29, 1.82) is 0 Å². The second kappa shape index (κ2) is 7.32. The van der Waals surface area contributed by atoms with Gasteiger partial charge in [0.1, 0.15) is 5.52 Å². The number of nitrogens with zero attached hydrogens (tertiary/aromatic N) is 1. The smallest absolute Gasteiger partial charge is 0.256 e. The number of nitrogens with one attached hydrogen (secondary N) is 1. The molecule has 5 heteroatoms. The Hall–Kier alpha value is -3.63. The van der Waals surface area contributed by atoms with Crippen LogP contribution >= 0.6 is 11.6 Å². The van der Waals surface area contributed by atoms with E-state index in [0.717, 1.165) is 21.9 Å². The van der Waals surface area contributed by atoms with Gasteiger partial charge in [-0.25, -0.2) is 4.98 Å². The zero-order valence-corrected chi connectivity index (χ0v) is 16.9. The van der Waals surface area contributed by atoms with Crippen LogP contribution in [0.25, 0.3) is 33.3 Å². The summed E-state index contributed by atoms with van der Waals surface area (Å²) >= 11 is 6.39. The zero-order valence-electron chi connectivity index (χ0n) is 16.1. The highest BCUT2D eigenvalue weighted by Crippen LogP contribution is 2.32. The van der Waals surface area contributed by atoms with Gasteiger partial charge in [0.25, 0.3) is 5.91 Å². The quantitative estimate of drug-likeness (QED) is 0.352. The van der Waals surface area contributed by atoms with E-state index in [1.54, 1.807) is 18.2 Å². The first kappa shape index (κ1) is 18.4. The number of anilines is 1. The second-order valence-corrected chi connectivity index (χ2v) is 7.52. The Bertz CT molecular complexity index is 1390. The van der Waals surface area contributed by atoms with Gasteiger partial charge in [-0.1, -0.05) is 54.1 Å². The third-order valence-corrected chi connectivity index (χ3v) is 5.46. The van der Waals surface area contributed by atoms with Crippen molar-refractivity contribution in [3.8, 4) is 11.5 Å². The van der Waals surface area contributed by atoms with Crippen molar-refractivity contribution in [2.24, 2.45) is 0 Å². The summed E-state index contributed by atoms with van der Waals surface area (Å²) in [6, 6.07) is 24.5. The fourth-order valence-electron chi connectivity index (χ4n) is 3.60. The van der Waals surface area contributed by atoms with Crippen molar-refractivity contribution < 1.29 is 9.21 Å². The predicted octanol–water partition coefficient (Wildman–Crippen LogP) is 6.86. The molecule has 0 unspecified atom stereocenters. The van der Waals surface area contributed by atoms with Crippen LogP contribution in [0.15, 0.2) is 83.3 Å². The van der Waals surface area contributed by atoms with Crippen molar-refractivity contribution in [3.05, 3.63) is 95.0 Å². The van der Waals surface area contributed by atoms with Crippen LogP contribution in [0.5, 0.6) is 0 Å². The number of halogens is 1. The van der Waals surface area contributed by atoms with Crippen LogP contribution in [0.4, 0.5) is 5.69 Å². The minimum atomic E-state index is -0.183. The molecule has 5 rings (SSSR count). The predicted molar refractivity (Wildman–Crippen MR) is 121 cm³/mol. The van der Waals surface area contributed by atoms with Crippen LogP contribution in [0, 0.1) is 6.92 Å². The van der Waals surface area contributed by atoms with Crippen molar-refractivity contribution in [2.45, 2.75) is 6.92 Å². The number of hydrogen-bond donors (Lipinski definition) is 1. The average molecular weight is 413 g/mol. The molecule has 0 spiro atoms. The van der Waals surface area contributed by atoms with E-state index in [1.807, 2.05) is 67.6 Å². The Morgan fingerprint density at radius 2 is 1.70 bits per heavy atom. The molecule has 4 aromatic carbocycles. The first-order chi connectivity index (χ1) is 14.6. The van der Waals surface area contributed by atoms with Gasteiger partial charge in [-0.3, -0.25) is 4.79 Å².